The lowest BCUT2D eigenvalue weighted by Gasteiger charge is -2.21. The molecule has 0 saturated carbocycles. The molecule has 0 radical (unpaired) electrons. The topological polar surface area (TPSA) is 286 Å². The van der Waals surface area contributed by atoms with Gasteiger partial charge in [-0.05, 0) is 96.0 Å². The first-order valence-corrected chi connectivity index (χ1v) is 29.0. The Morgan fingerprint density at radius 3 is 1.81 bits per heavy atom. The first kappa shape index (κ1) is 66.5. The molecule has 0 spiro atoms. The second-order valence-electron chi connectivity index (χ2n) is 17.5. The van der Waals surface area contributed by atoms with Crippen molar-refractivity contribution in [2.75, 3.05) is 25.6 Å². The van der Waals surface area contributed by atoms with E-state index in [9.17, 15) is 48.6 Å². The minimum Gasteiger partial charge on any atom is -0.462 e. The predicted octanol–water partition coefficient (Wildman–Crippen LogP) is 9.97. The monoisotopic (exact) mass is 1090 g/mol. The molecule has 420 valence electrons. The number of unbranched alkanes of at least 4 members (excludes halogenated alkanes) is 5. The summed E-state index contributed by atoms with van der Waals surface area (Å²) in [7, 11) is -10.9. The number of phosphoric acid groups is 2. The summed E-state index contributed by atoms with van der Waals surface area (Å²) in [6.07, 6.45) is 43.6. The molecule has 0 aliphatic carbocycles. The lowest BCUT2D eigenvalue weighted by atomic mass is 10.1. The van der Waals surface area contributed by atoms with Gasteiger partial charge in [0.1, 0.15) is 30.7 Å². The number of nitrogens with zero attached hydrogens (tertiary/aromatic N) is 2. The van der Waals surface area contributed by atoms with Gasteiger partial charge in [0.15, 0.2) is 12.3 Å². The number of carbonyl (C=O) groups excluding carboxylic acids is 2. The largest absolute Gasteiger partial charge is 0.481 e. The maximum absolute atomic E-state index is 12.9. The normalized spacial score (nSPS) is 20.1. The van der Waals surface area contributed by atoms with Gasteiger partial charge in [0.05, 0.1) is 19.3 Å². The molecular formula is C54H83N3O16P2. The van der Waals surface area contributed by atoms with Crippen molar-refractivity contribution in [2.24, 2.45) is 0 Å². The first-order valence-electron chi connectivity index (χ1n) is 26.0. The SMILES string of the molecule is CC/C=C\C/C=C\C/C=C\C/C=C\C/C=C\CCCCCC(=O)O[C@H](COC(=O)CCC/C=C\C/C=C\C/C=C\C/C=C\[C@@H](O)CCCC)COP(=O)(O)OP(=O)(O)OC[C@H]1O[C@@H](n2ccc(N)nc2=O)[C@H](O)[C@@H]1O. The molecule has 1 aromatic heterocycles. The zero-order chi connectivity index (χ0) is 55.0. The minimum absolute atomic E-state index is 0.0158. The Morgan fingerprint density at radius 1 is 0.707 bits per heavy atom. The average Bonchev–Trinajstić information content (AvgIpc) is 3.65. The molecule has 1 aromatic rings. The van der Waals surface area contributed by atoms with E-state index in [2.05, 4.69) is 90.0 Å². The molecule has 21 heteroatoms. The van der Waals surface area contributed by atoms with Gasteiger partial charge in [-0.25, -0.2) is 13.9 Å². The third-order valence-corrected chi connectivity index (χ3v) is 13.5. The molecule has 0 aromatic carbocycles. The Labute approximate surface area is 443 Å². The molecule has 1 fully saturated rings. The highest BCUT2D eigenvalue weighted by Crippen LogP contribution is 2.60. The van der Waals surface area contributed by atoms with E-state index < -0.39 is 89.8 Å². The number of nitrogens with two attached hydrogens (primary N) is 1. The van der Waals surface area contributed by atoms with E-state index in [0.717, 1.165) is 87.8 Å². The lowest BCUT2D eigenvalue weighted by Crippen LogP contribution is -2.36. The lowest BCUT2D eigenvalue weighted by molar-refractivity contribution is -0.161. The van der Waals surface area contributed by atoms with Crippen LogP contribution in [0.3, 0.4) is 0 Å². The van der Waals surface area contributed by atoms with Crippen LogP contribution >= 0.6 is 15.6 Å². The number of esters is 2. The zero-order valence-electron chi connectivity index (χ0n) is 43.7. The molecule has 1 saturated heterocycles. The molecule has 19 nitrogen and oxygen atoms in total. The second-order valence-corrected chi connectivity index (χ2v) is 20.5. The number of aliphatic hydroxyl groups excluding tert-OH is 3. The third-order valence-electron chi connectivity index (χ3n) is 10.9. The fourth-order valence-corrected chi connectivity index (χ4v) is 8.99. The van der Waals surface area contributed by atoms with Crippen LogP contribution in [0.1, 0.15) is 142 Å². The molecule has 2 unspecified atom stereocenters. The summed E-state index contributed by atoms with van der Waals surface area (Å²) in [5.41, 5.74) is 4.58. The Hall–Kier alpha value is -4.62. The number of ether oxygens (including phenoxy) is 3. The van der Waals surface area contributed by atoms with Gasteiger partial charge in [-0.1, -0.05) is 142 Å². The number of aliphatic hydroxyl groups is 3. The van der Waals surface area contributed by atoms with Gasteiger partial charge in [0, 0.05) is 19.0 Å². The summed E-state index contributed by atoms with van der Waals surface area (Å²) in [5, 5.41) is 30.8. The van der Waals surface area contributed by atoms with Crippen molar-refractivity contribution in [3.8, 4) is 0 Å². The molecule has 0 bridgehead atoms. The van der Waals surface area contributed by atoms with Crippen molar-refractivity contribution in [3.05, 3.63) is 132 Å². The fraction of sp³-hybridized carbons (Fsp3) is 0.556. The van der Waals surface area contributed by atoms with Crippen LogP contribution in [0.25, 0.3) is 0 Å². The minimum atomic E-state index is -5.46. The number of carbonyl (C=O) groups is 2. The number of hydrogen-bond acceptors (Lipinski definition) is 16. The van der Waals surface area contributed by atoms with Gasteiger partial charge in [-0.3, -0.25) is 23.2 Å². The van der Waals surface area contributed by atoms with Crippen LogP contribution < -0.4 is 11.4 Å². The Balaban J connectivity index is 1.85. The molecule has 1 aliphatic rings. The molecule has 75 heavy (non-hydrogen) atoms. The van der Waals surface area contributed by atoms with Crippen molar-refractivity contribution in [3.63, 3.8) is 0 Å². The van der Waals surface area contributed by atoms with Crippen LogP contribution in [0.4, 0.5) is 5.82 Å². The molecule has 2 heterocycles. The predicted molar refractivity (Wildman–Crippen MR) is 290 cm³/mol. The standard InChI is InChI=1S/C54H83N3O16P2/c1-3-5-7-8-9-10-11-12-13-14-15-16-17-18-23-26-29-32-35-39-50(60)71-46(42-68-49(59)38-34-31-28-25-22-20-19-21-24-27-30-33-37-45(58)36-6-4-2)43-69-74(64,65)73-75(66,67)70-44-47-51(61)52(62)53(72-47)57-41-40-48(55)56-54(57)63/h5,7,9-10,12-13,15-16,18-20,23-25,27-28,33,37,40-41,45-47,51-53,58,61-62H,3-4,6,8,11,14,17,21-22,26,29-32,34-36,38-39,42-44H2,1-2H3,(H,64,65)(H,66,67)(H2,55,56,63)/b7-5-,10-9-,13-12-,16-15-,20-19-,23-18-,27-24-,28-25-,37-33-/t45-,46+,47+,51+,52+,53+/m0/s1. The summed E-state index contributed by atoms with van der Waals surface area (Å²) in [4.78, 5) is 61.9. The van der Waals surface area contributed by atoms with E-state index in [1.807, 2.05) is 42.5 Å². The van der Waals surface area contributed by atoms with Crippen LogP contribution in [0.5, 0.6) is 0 Å². The van der Waals surface area contributed by atoms with Crippen LogP contribution in [0, 0.1) is 0 Å². The number of allylic oxidation sites excluding steroid dienone is 17. The van der Waals surface area contributed by atoms with Crippen LogP contribution in [-0.4, -0.2) is 96.9 Å². The van der Waals surface area contributed by atoms with Crippen LogP contribution in [0.2, 0.25) is 0 Å². The second kappa shape index (κ2) is 40.6. The molecule has 1 aliphatic heterocycles. The molecular weight excluding hydrogens is 1010 g/mol. The highest BCUT2D eigenvalue weighted by molar-refractivity contribution is 7.61. The van der Waals surface area contributed by atoms with Crippen LogP contribution in [-0.2, 0) is 46.3 Å². The smallest absolute Gasteiger partial charge is 0.462 e. The summed E-state index contributed by atoms with van der Waals surface area (Å²) < 4.78 is 56.7. The quantitative estimate of drug-likeness (QED) is 0.0154. The van der Waals surface area contributed by atoms with Gasteiger partial charge >= 0.3 is 33.3 Å². The molecule has 8 atom stereocenters. The summed E-state index contributed by atoms with van der Waals surface area (Å²) in [5.74, 6) is -1.44. The van der Waals surface area contributed by atoms with Gasteiger partial charge in [0.25, 0.3) is 0 Å². The zero-order valence-corrected chi connectivity index (χ0v) is 45.4. The highest BCUT2D eigenvalue weighted by atomic mass is 31.3. The Kier molecular flexibility index (Phi) is 36.0. The number of hydrogen-bond donors (Lipinski definition) is 6. The van der Waals surface area contributed by atoms with E-state index in [4.69, 9.17) is 29.0 Å². The number of aromatic nitrogens is 2. The maximum Gasteiger partial charge on any atom is 0.481 e. The fourth-order valence-electron chi connectivity index (χ4n) is 6.88. The van der Waals surface area contributed by atoms with E-state index in [1.165, 1.54) is 6.07 Å². The molecule has 0 amide bonds. The van der Waals surface area contributed by atoms with Gasteiger partial charge in [-0.2, -0.15) is 9.29 Å². The van der Waals surface area contributed by atoms with E-state index >= 15 is 0 Å². The van der Waals surface area contributed by atoms with E-state index in [0.29, 0.717) is 32.1 Å². The first-order chi connectivity index (χ1) is 36.1. The van der Waals surface area contributed by atoms with Gasteiger partial charge in [0.2, 0.25) is 0 Å². The highest BCUT2D eigenvalue weighted by Gasteiger charge is 2.46. The van der Waals surface area contributed by atoms with Crippen molar-refractivity contribution in [1.82, 2.24) is 9.55 Å². The van der Waals surface area contributed by atoms with Crippen molar-refractivity contribution < 1.29 is 71.4 Å². The van der Waals surface area contributed by atoms with E-state index in [1.54, 1.807) is 0 Å². The molecule has 2 rings (SSSR count). The van der Waals surface area contributed by atoms with Gasteiger partial charge in [-0.15, -0.1) is 0 Å². The summed E-state index contributed by atoms with van der Waals surface area (Å²) >= 11 is 0. The van der Waals surface area contributed by atoms with E-state index in [-0.39, 0.29) is 18.7 Å². The van der Waals surface area contributed by atoms with Crippen LogP contribution in [0.15, 0.2) is 126 Å². The maximum atomic E-state index is 12.9. The Bertz CT molecular complexity index is 2200. The number of nitrogen functional groups attached to an aromatic ring is 1. The number of anilines is 1. The number of phosphoric ester groups is 2. The van der Waals surface area contributed by atoms with Crippen molar-refractivity contribution in [1.29, 1.82) is 0 Å². The summed E-state index contributed by atoms with van der Waals surface area (Å²) in [6.45, 7) is 1.78. The summed E-state index contributed by atoms with van der Waals surface area (Å²) in [6, 6.07) is 1.24. The number of rotatable bonds is 41. The Morgan fingerprint density at radius 2 is 1.24 bits per heavy atom. The van der Waals surface area contributed by atoms with Crippen molar-refractivity contribution in [2.45, 2.75) is 173 Å². The van der Waals surface area contributed by atoms with Crippen molar-refractivity contribution >= 4 is 33.4 Å². The molecule has 7 N–H and O–H groups in total. The van der Waals surface area contributed by atoms with Gasteiger partial charge < -0.3 is 45.1 Å². The third kappa shape index (κ3) is 33.2. The average molecular weight is 1090 g/mol.